The molecule has 0 atom stereocenters. The van der Waals surface area contributed by atoms with Gasteiger partial charge in [-0.25, -0.2) is 4.98 Å². The van der Waals surface area contributed by atoms with Crippen molar-refractivity contribution in [3.05, 3.63) is 71.9 Å². The van der Waals surface area contributed by atoms with Gasteiger partial charge in [0.2, 0.25) is 0 Å². The highest BCUT2D eigenvalue weighted by molar-refractivity contribution is 6.09. The van der Waals surface area contributed by atoms with Gasteiger partial charge in [0.1, 0.15) is 5.82 Å². The average molecular weight is 415 g/mol. The summed E-state index contributed by atoms with van der Waals surface area (Å²) >= 11 is 0. The Morgan fingerprint density at radius 2 is 1.58 bits per heavy atom. The topological polar surface area (TPSA) is 24.3 Å². The van der Waals surface area contributed by atoms with Gasteiger partial charge in [-0.15, -0.1) is 0 Å². The van der Waals surface area contributed by atoms with Crippen molar-refractivity contribution in [3.63, 3.8) is 0 Å². The van der Waals surface area contributed by atoms with Crippen LogP contribution >= 0.6 is 0 Å². The van der Waals surface area contributed by atoms with E-state index in [0.29, 0.717) is 0 Å². The molecule has 0 saturated carbocycles. The van der Waals surface area contributed by atoms with Crippen molar-refractivity contribution < 1.29 is 0 Å². The molecule has 162 valence electrons. The smallest absolute Gasteiger partial charge is 0.129 e. The van der Waals surface area contributed by atoms with Gasteiger partial charge in [-0.1, -0.05) is 48.5 Å². The fourth-order valence-electron chi connectivity index (χ4n) is 4.51. The molecule has 4 aromatic rings. The van der Waals surface area contributed by atoms with E-state index in [-0.39, 0.29) is 0 Å². The Bertz CT molecular complexity index is 1140. The highest BCUT2D eigenvalue weighted by Crippen LogP contribution is 2.33. The molecule has 0 aliphatic carbocycles. The van der Waals surface area contributed by atoms with Crippen LogP contribution in [-0.4, -0.2) is 48.7 Å². The first-order valence-electron chi connectivity index (χ1n) is 11.3. The van der Waals surface area contributed by atoms with Crippen LogP contribution in [0.5, 0.6) is 0 Å². The molecule has 2 aromatic heterocycles. The third-order valence-corrected chi connectivity index (χ3v) is 6.09. The van der Waals surface area contributed by atoms with Gasteiger partial charge in [-0.05, 0) is 64.5 Å². The average Bonchev–Trinajstić information content (AvgIpc) is 3.08. The van der Waals surface area contributed by atoms with Crippen LogP contribution in [0.2, 0.25) is 0 Å². The number of hydrogen-bond donors (Lipinski definition) is 0. The molecule has 0 amide bonds. The van der Waals surface area contributed by atoms with Crippen LogP contribution in [0.25, 0.3) is 21.8 Å². The molecule has 0 unspecified atom stereocenters. The molecule has 0 fully saturated rings. The Labute approximate surface area is 186 Å². The fourth-order valence-corrected chi connectivity index (χ4v) is 4.51. The summed E-state index contributed by atoms with van der Waals surface area (Å²) in [7, 11) is 6.41. The van der Waals surface area contributed by atoms with E-state index in [0.717, 1.165) is 50.4 Å². The Morgan fingerprint density at radius 3 is 2.35 bits per heavy atom. The number of nitrogens with zero attached hydrogens (tertiary/aromatic N) is 4. The lowest BCUT2D eigenvalue weighted by Crippen LogP contribution is -2.24. The van der Waals surface area contributed by atoms with E-state index in [1.165, 1.54) is 27.4 Å². The van der Waals surface area contributed by atoms with Gasteiger partial charge < -0.3 is 14.4 Å². The summed E-state index contributed by atoms with van der Waals surface area (Å²) in [6, 6.07) is 21.8. The highest BCUT2D eigenvalue weighted by Gasteiger charge is 2.16. The zero-order valence-electron chi connectivity index (χ0n) is 19.3. The standard InChI is InChI=1S/C27H34N4/c1-21-27-24(20-26(28-21)30(4)18-11-17-29(2)3)23-15-8-9-16-25(23)31(27)19-10-14-22-12-6-5-7-13-22/h5-9,12-13,15-16,20H,10-11,14,17-19H2,1-4H3. The first kappa shape index (κ1) is 21.4. The maximum Gasteiger partial charge on any atom is 0.129 e. The van der Waals surface area contributed by atoms with Gasteiger partial charge in [-0.2, -0.15) is 0 Å². The van der Waals surface area contributed by atoms with Crippen molar-refractivity contribution in [1.82, 2.24) is 14.5 Å². The predicted molar refractivity (Wildman–Crippen MR) is 133 cm³/mol. The summed E-state index contributed by atoms with van der Waals surface area (Å²) in [6.45, 7) is 5.25. The number of benzene rings is 2. The number of fused-ring (bicyclic) bond motifs is 3. The zero-order valence-corrected chi connectivity index (χ0v) is 19.3. The van der Waals surface area contributed by atoms with Crippen LogP contribution in [-0.2, 0) is 13.0 Å². The quantitative estimate of drug-likeness (QED) is 0.360. The summed E-state index contributed by atoms with van der Waals surface area (Å²) in [5.41, 5.74) is 5.10. The number of hydrogen-bond acceptors (Lipinski definition) is 3. The fraction of sp³-hybridized carbons (Fsp3) is 0.370. The largest absolute Gasteiger partial charge is 0.360 e. The van der Waals surface area contributed by atoms with Crippen LogP contribution in [0.1, 0.15) is 24.1 Å². The monoisotopic (exact) mass is 414 g/mol. The van der Waals surface area contributed by atoms with E-state index in [2.05, 4.69) is 103 Å². The van der Waals surface area contributed by atoms with Crippen LogP contribution in [0.3, 0.4) is 0 Å². The van der Waals surface area contributed by atoms with Gasteiger partial charge in [0.25, 0.3) is 0 Å². The lowest BCUT2D eigenvalue weighted by molar-refractivity contribution is 0.401. The molecule has 4 heteroatoms. The Hall–Kier alpha value is -2.85. The molecule has 0 saturated heterocycles. The Kier molecular flexibility index (Phi) is 6.57. The summed E-state index contributed by atoms with van der Waals surface area (Å²) in [5, 5.41) is 2.64. The summed E-state index contributed by atoms with van der Waals surface area (Å²) in [5.74, 6) is 1.07. The van der Waals surface area contributed by atoms with Gasteiger partial charge >= 0.3 is 0 Å². The number of pyridine rings is 1. The van der Waals surface area contributed by atoms with E-state index >= 15 is 0 Å². The molecule has 2 heterocycles. The molecular weight excluding hydrogens is 380 g/mol. The summed E-state index contributed by atoms with van der Waals surface area (Å²) in [6.07, 6.45) is 3.33. The van der Waals surface area contributed by atoms with E-state index in [1.54, 1.807) is 0 Å². The lowest BCUT2D eigenvalue weighted by atomic mass is 10.1. The molecule has 0 bridgehead atoms. The number of aromatic nitrogens is 2. The van der Waals surface area contributed by atoms with E-state index in [1.807, 2.05) is 0 Å². The van der Waals surface area contributed by atoms with Crippen LogP contribution in [0, 0.1) is 6.92 Å². The second-order valence-corrected chi connectivity index (χ2v) is 8.80. The molecule has 0 radical (unpaired) electrons. The minimum Gasteiger partial charge on any atom is -0.360 e. The van der Waals surface area contributed by atoms with E-state index in [9.17, 15) is 0 Å². The molecule has 0 spiro atoms. The van der Waals surface area contributed by atoms with Crippen LogP contribution in [0.4, 0.5) is 5.82 Å². The molecule has 0 aliphatic rings. The van der Waals surface area contributed by atoms with Gasteiger partial charge in [0, 0.05) is 36.4 Å². The second-order valence-electron chi connectivity index (χ2n) is 8.80. The Morgan fingerprint density at radius 1 is 0.839 bits per heavy atom. The van der Waals surface area contributed by atoms with Crippen molar-refractivity contribution >= 4 is 27.6 Å². The first-order valence-corrected chi connectivity index (χ1v) is 11.3. The van der Waals surface area contributed by atoms with Crippen molar-refractivity contribution in [2.75, 3.05) is 39.1 Å². The molecule has 4 rings (SSSR count). The third kappa shape index (κ3) is 4.75. The SMILES string of the molecule is Cc1nc(N(C)CCCN(C)C)cc2c3ccccc3n(CCCc3ccccc3)c12. The van der Waals surface area contributed by atoms with E-state index in [4.69, 9.17) is 4.98 Å². The first-order chi connectivity index (χ1) is 15.0. The molecule has 0 N–H and O–H groups in total. The Balaban J connectivity index is 1.64. The van der Waals surface area contributed by atoms with E-state index < -0.39 is 0 Å². The third-order valence-electron chi connectivity index (χ3n) is 6.09. The van der Waals surface area contributed by atoms with Gasteiger partial charge in [0.05, 0.1) is 11.2 Å². The van der Waals surface area contributed by atoms with Gasteiger partial charge in [-0.3, -0.25) is 0 Å². The number of anilines is 1. The predicted octanol–water partition coefficient (Wildman–Crippen LogP) is 5.52. The second kappa shape index (κ2) is 9.52. The molecule has 2 aromatic carbocycles. The maximum atomic E-state index is 5.01. The number of aryl methyl sites for hydroxylation is 3. The highest BCUT2D eigenvalue weighted by atomic mass is 15.2. The van der Waals surface area contributed by atoms with Crippen LogP contribution in [0.15, 0.2) is 60.7 Å². The maximum absolute atomic E-state index is 5.01. The number of para-hydroxylation sites is 1. The minimum atomic E-state index is 0.999. The number of rotatable bonds is 9. The lowest BCUT2D eigenvalue weighted by Gasteiger charge is -2.20. The van der Waals surface area contributed by atoms with Crippen molar-refractivity contribution in [2.24, 2.45) is 0 Å². The van der Waals surface area contributed by atoms with Crippen molar-refractivity contribution in [3.8, 4) is 0 Å². The van der Waals surface area contributed by atoms with Crippen molar-refractivity contribution in [2.45, 2.75) is 32.7 Å². The summed E-state index contributed by atoms with van der Waals surface area (Å²) < 4.78 is 2.48. The molecule has 0 aliphatic heterocycles. The van der Waals surface area contributed by atoms with Crippen molar-refractivity contribution in [1.29, 1.82) is 0 Å². The minimum absolute atomic E-state index is 0.999. The molecule has 4 nitrogen and oxygen atoms in total. The zero-order chi connectivity index (χ0) is 21.8. The molecular formula is C27H34N4. The molecule has 31 heavy (non-hydrogen) atoms. The summed E-state index contributed by atoms with van der Waals surface area (Å²) in [4.78, 5) is 9.54. The van der Waals surface area contributed by atoms with Crippen LogP contribution < -0.4 is 4.90 Å². The normalized spacial score (nSPS) is 11.6. The van der Waals surface area contributed by atoms with Gasteiger partial charge in [0.15, 0.2) is 0 Å².